The highest BCUT2D eigenvalue weighted by molar-refractivity contribution is 6.67. The van der Waals surface area contributed by atoms with Crippen LogP contribution in [0.4, 0.5) is 0 Å². The summed E-state index contributed by atoms with van der Waals surface area (Å²) in [6.45, 7) is 2.10. The Morgan fingerprint density at radius 1 is 1.29 bits per heavy atom. The van der Waals surface area contributed by atoms with Gasteiger partial charge in [-0.05, 0) is 73.6 Å². The zero-order valence-electron chi connectivity index (χ0n) is 13.6. The summed E-state index contributed by atoms with van der Waals surface area (Å²) in [5.74, 6) is 1.14. The second kappa shape index (κ2) is 6.98. The average Bonchev–Trinajstić information content (AvgIpc) is 3.12. The topological polar surface area (TPSA) is 63.6 Å². The van der Waals surface area contributed by atoms with Crippen LogP contribution in [0.1, 0.15) is 36.5 Å². The minimum absolute atomic E-state index is 0.0625. The summed E-state index contributed by atoms with van der Waals surface area (Å²) in [5, 5.41) is 9.32. The molecule has 0 heterocycles. The summed E-state index contributed by atoms with van der Waals surface area (Å²) in [7, 11) is 0. The Kier molecular flexibility index (Phi) is 4.95. The van der Waals surface area contributed by atoms with Gasteiger partial charge in [-0.25, -0.2) is 4.79 Å². The molecule has 2 aliphatic rings. The van der Waals surface area contributed by atoms with Crippen LogP contribution >= 0.6 is 11.6 Å². The zero-order valence-corrected chi connectivity index (χ0v) is 14.3. The highest BCUT2D eigenvalue weighted by atomic mass is 35.5. The summed E-state index contributed by atoms with van der Waals surface area (Å²) in [6.07, 6.45) is 5.23. The standard InChI is InChI=1S/C19H21ClO4/c1-11(18(20)22)6-13-7-12-8-14(16(13)9-12)10-24-19(23)15-4-2-3-5-17(15)21/h2-6,12-14,16,21H,7-10H2,1H3/b11-6-. The predicted molar refractivity (Wildman–Crippen MR) is 90.8 cm³/mol. The Labute approximate surface area is 146 Å². The number of para-hydroxylation sites is 1. The third-order valence-electron chi connectivity index (χ3n) is 5.33. The number of halogens is 1. The SMILES string of the molecule is C/C(=C/C1CC2CC(COC(=O)c3ccccc3O)C1C2)C(=O)Cl. The van der Waals surface area contributed by atoms with E-state index in [-0.39, 0.29) is 11.3 Å². The van der Waals surface area contributed by atoms with E-state index in [1.165, 1.54) is 6.07 Å². The van der Waals surface area contributed by atoms with Gasteiger partial charge in [-0.3, -0.25) is 4.79 Å². The van der Waals surface area contributed by atoms with Crippen molar-refractivity contribution < 1.29 is 19.4 Å². The van der Waals surface area contributed by atoms with Gasteiger partial charge in [0.1, 0.15) is 11.3 Å². The van der Waals surface area contributed by atoms with E-state index in [9.17, 15) is 14.7 Å². The number of hydrogen-bond donors (Lipinski definition) is 1. The van der Waals surface area contributed by atoms with E-state index in [1.807, 2.05) is 6.08 Å². The fraction of sp³-hybridized carbons (Fsp3) is 0.474. The molecule has 2 aliphatic carbocycles. The minimum atomic E-state index is -0.491. The molecule has 0 radical (unpaired) electrons. The number of hydrogen-bond acceptors (Lipinski definition) is 4. The van der Waals surface area contributed by atoms with Gasteiger partial charge in [-0.15, -0.1) is 0 Å². The minimum Gasteiger partial charge on any atom is -0.507 e. The highest BCUT2D eigenvalue weighted by Crippen LogP contribution is 2.52. The molecular weight excluding hydrogens is 328 g/mol. The van der Waals surface area contributed by atoms with Gasteiger partial charge in [0.25, 0.3) is 0 Å². The van der Waals surface area contributed by atoms with Gasteiger partial charge in [0.15, 0.2) is 0 Å². The van der Waals surface area contributed by atoms with Crippen molar-refractivity contribution in [1.29, 1.82) is 0 Å². The molecule has 2 bridgehead atoms. The van der Waals surface area contributed by atoms with Crippen molar-refractivity contribution in [2.24, 2.45) is 23.7 Å². The molecule has 0 aliphatic heterocycles. The first-order chi connectivity index (χ1) is 11.5. The molecule has 2 fully saturated rings. The van der Waals surface area contributed by atoms with Crippen molar-refractivity contribution in [3.63, 3.8) is 0 Å². The molecule has 1 aromatic rings. The van der Waals surface area contributed by atoms with Crippen molar-refractivity contribution >= 4 is 22.8 Å². The molecule has 0 spiro atoms. The van der Waals surface area contributed by atoms with Crippen molar-refractivity contribution in [3.05, 3.63) is 41.5 Å². The molecule has 1 N–H and O–H groups in total. The number of phenolic OH excluding ortho intramolecular Hbond substituents is 1. The Morgan fingerprint density at radius 3 is 2.71 bits per heavy atom. The number of rotatable bonds is 5. The lowest BCUT2D eigenvalue weighted by Crippen LogP contribution is -2.25. The molecule has 0 aromatic heterocycles. The second-order valence-corrected chi connectivity index (χ2v) is 7.24. The predicted octanol–water partition coefficient (Wildman–Crippen LogP) is 3.92. The van der Waals surface area contributed by atoms with Crippen LogP contribution in [-0.4, -0.2) is 22.9 Å². The number of ether oxygens (including phenoxy) is 1. The lowest BCUT2D eigenvalue weighted by molar-refractivity contribution is -0.108. The van der Waals surface area contributed by atoms with E-state index in [4.69, 9.17) is 16.3 Å². The normalized spacial score (nSPS) is 28.8. The van der Waals surface area contributed by atoms with E-state index in [1.54, 1.807) is 25.1 Å². The Bertz CT molecular complexity index is 682. The third kappa shape index (κ3) is 3.48. The zero-order chi connectivity index (χ0) is 17.3. The summed E-state index contributed by atoms with van der Waals surface area (Å²) in [6, 6.07) is 6.39. The van der Waals surface area contributed by atoms with Gasteiger partial charge in [0, 0.05) is 5.57 Å². The molecule has 128 valence electrons. The number of carbonyl (C=O) groups excluding carboxylic acids is 2. The maximum atomic E-state index is 12.1. The second-order valence-electron chi connectivity index (χ2n) is 6.90. The number of carbonyl (C=O) groups is 2. The van der Waals surface area contributed by atoms with Gasteiger partial charge in [-0.2, -0.15) is 0 Å². The van der Waals surface area contributed by atoms with Gasteiger partial charge in [-0.1, -0.05) is 18.2 Å². The van der Waals surface area contributed by atoms with Crippen molar-refractivity contribution in [2.75, 3.05) is 6.61 Å². The molecule has 0 amide bonds. The first-order valence-corrected chi connectivity index (χ1v) is 8.67. The Morgan fingerprint density at radius 2 is 2.04 bits per heavy atom. The van der Waals surface area contributed by atoms with Crippen LogP contribution in [-0.2, 0) is 9.53 Å². The molecule has 5 heteroatoms. The van der Waals surface area contributed by atoms with Crippen LogP contribution < -0.4 is 0 Å². The monoisotopic (exact) mass is 348 g/mol. The van der Waals surface area contributed by atoms with Crippen molar-refractivity contribution in [2.45, 2.75) is 26.2 Å². The number of benzene rings is 1. The third-order valence-corrected chi connectivity index (χ3v) is 5.63. The molecular formula is C19H21ClO4. The number of aromatic hydroxyl groups is 1. The molecule has 1 aromatic carbocycles. The lowest BCUT2D eigenvalue weighted by Gasteiger charge is -2.27. The maximum absolute atomic E-state index is 12.1. The number of phenols is 1. The van der Waals surface area contributed by atoms with E-state index in [0.717, 1.165) is 19.3 Å². The maximum Gasteiger partial charge on any atom is 0.341 e. The van der Waals surface area contributed by atoms with E-state index >= 15 is 0 Å². The molecule has 4 nitrogen and oxygen atoms in total. The number of esters is 1. The molecule has 4 atom stereocenters. The summed E-state index contributed by atoms with van der Waals surface area (Å²) in [5.41, 5.74) is 0.792. The molecule has 24 heavy (non-hydrogen) atoms. The molecule has 4 unspecified atom stereocenters. The van der Waals surface area contributed by atoms with Crippen LogP contribution in [0, 0.1) is 23.7 Å². The Hall–Kier alpha value is -1.81. The first kappa shape index (κ1) is 17.0. The van der Waals surface area contributed by atoms with Crippen LogP contribution in [0.25, 0.3) is 0 Å². The Balaban J connectivity index is 1.61. The van der Waals surface area contributed by atoms with Gasteiger partial charge in [0.2, 0.25) is 5.24 Å². The highest BCUT2D eigenvalue weighted by Gasteiger charge is 2.45. The summed E-state index contributed by atoms with van der Waals surface area (Å²) < 4.78 is 5.43. The van der Waals surface area contributed by atoms with E-state index < -0.39 is 11.2 Å². The van der Waals surface area contributed by atoms with Crippen LogP contribution in [0.2, 0.25) is 0 Å². The van der Waals surface area contributed by atoms with Crippen LogP contribution in [0.15, 0.2) is 35.9 Å². The first-order valence-electron chi connectivity index (χ1n) is 8.29. The number of fused-ring (bicyclic) bond motifs is 2. The van der Waals surface area contributed by atoms with Gasteiger partial charge < -0.3 is 9.84 Å². The van der Waals surface area contributed by atoms with E-state index in [2.05, 4.69) is 0 Å². The average molecular weight is 349 g/mol. The quantitative estimate of drug-likeness (QED) is 0.497. The summed E-state index contributed by atoms with van der Waals surface area (Å²) in [4.78, 5) is 23.3. The summed E-state index contributed by atoms with van der Waals surface area (Å²) >= 11 is 5.53. The van der Waals surface area contributed by atoms with Crippen LogP contribution in [0.3, 0.4) is 0 Å². The van der Waals surface area contributed by atoms with Gasteiger partial charge >= 0.3 is 5.97 Å². The molecule has 0 saturated heterocycles. The number of allylic oxidation sites excluding steroid dienone is 2. The smallest absolute Gasteiger partial charge is 0.341 e. The molecule has 3 rings (SSSR count). The lowest BCUT2D eigenvalue weighted by atomic mass is 9.80. The van der Waals surface area contributed by atoms with E-state index in [0.29, 0.717) is 35.9 Å². The fourth-order valence-corrected chi connectivity index (χ4v) is 4.29. The van der Waals surface area contributed by atoms with Gasteiger partial charge in [0.05, 0.1) is 6.61 Å². The largest absolute Gasteiger partial charge is 0.507 e. The van der Waals surface area contributed by atoms with Crippen LogP contribution in [0.5, 0.6) is 5.75 Å². The molecule has 2 saturated carbocycles. The van der Waals surface area contributed by atoms with Crippen molar-refractivity contribution in [1.82, 2.24) is 0 Å². The fourth-order valence-electron chi connectivity index (χ4n) is 4.23. The van der Waals surface area contributed by atoms with Crippen molar-refractivity contribution in [3.8, 4) is 5.75 Å².